The lowest BCUT2D eigenvalue weighted by molar-refractivity contribution is 0.171. The van der Waals surface area contributed by atoms with Crippen LogP contribution < -0.4 is 0 Å². The monoisotopic (exact) mass is 386 g/mol. The second-order valence-corrected chi connectivity index (χ2v) is 9.57. The third-order valence-electron chi connectivity index (χ3n) is 7.82. The summed E-state index contributed by atoms with van der Waals surface area (Å²) in [6.07, 6.45) is 20.2. The first kappa shape index (κ1) is 20.5. The Balaban J connectivity index is 1.35. The van der Waals surface area contributed by atoms with Gasteiger partial charge in [0.05, 0.1) is 0 Å². The maximum atomic E-state index is 4.01. The third kappa shape index (κ3) is 5.03. The number of allylic oxidation sites excluding steroid dienone is 3. The predicted octanol–water partition coefficient (Wildman–Crippen LogP) is 8.61. The van der Waals surface area contributed by atoms with Crippen LogP contribution in [0.5, 0.6) is 0 Å². The van der Waals surface area contributed by atoms with Gasteiger partial charge < -0.3 is 0 Å². The van der Waals surface area contributed by atoms with Crippen LogP contribution in [0.4, 0.5) is 0 Å². The van der Waals surface area contributed by atoms with Crippen molar-refractivity contribution in [2.75, 3.05) is 0 Å². The molecule has 2 fully saturated rings. The van der Waals surface area contributed by atoms with Gasteiger partial charge >= 0.3 is 0 Å². The van der Waals surface area contributed by atoms with Crippen LogP contribution in [0.3, 0.4) is 0 Å². The van der Waals surface area contributed by atoms with Crippen molar-refractivity contribution in [3.05, 3.63) is 72.3 Å². The van der Waals surface area contributed by atoms with Gasteiger partial charge in [-0.1, -0.05) is 54.6 Å². The predicted molar refractivity (Wildman–Crippen MR) is 127 cm³/mol. The van der Waals surface area contributed by atoms with Gasteiger partial charge in [0, 0.05) is 0 Å². The minimum absolute atomic E-state index is 0.773. The lowest BCUT2D eigenvalue weighted by Gasteiger charge is -2.37. The molecule has 0 saturated heterocycles. The van der Waals surface area contributed by atoms with Gasteiger partial charge in [-0.15, -0.1) is 6.58 Å². The molecule has 0 bridgehead atoms. The van der Waals surface area contributed by atoms with E-state index in [1.54, 1.807) is 5.56 Å². The van der Waals surface area contributed by atoms with E-state index in [9.17, 15) is 0 Å². The zero-order valence-electron chi connectivity index (χ0n) is 18.3. The van der Waals surface area contributed by atoms with Crippen LogP contribution in [0.25, 0.3) is 10.8 Å². The molecule has 4 rings (SSSR count). The van der Waals surface area contributed by atoms with Gasteiger partial charge in [0.2, 0.25) is 0 Å². The lowest BCUT2D eigenvalue weighted by Crippen LogP contribution is -2.25. The van der Waals surface area contributed by atoms with Gasteiger partial charge in [-0.25, -0.2) is 0 Å². The number of fused-ring (bicyclic) bond motifs is 1. The molecule has 154 valence electrons. The smallest absolute Gasteiger partial charge is 0.0162 e. The summed E-state index contributed by atoms with van der Waals surface area (Å²) in [4.78, 5) is 0. The maximum Gasteiger partial charge on any atom is -0.0162 e. The minimum Gasteiger partial charge on any atom is -0.103 e. The molecule has 0 heterocycles. The maximum absolute atomic E-state index is 4.01. The highest BCUT2D eigenvalue weighted by molar-refractivity contribution is 5.84. The van der Waals surface area contributed by atoms with Crippen LogP contribution >= 0.6 is 0 Å². The summed E-state index contributed by atoms with van der Waals surface area (Å²) >= 11 is 0. The van der Waals surface area contributed by atoms with Gasteiger partial charge in [0.1, 0.15) is 0 Å². The van der Waals surface area contributed by atoms with Crippen LogP contribution in [0.1, 0.15) is 81.8 Å². The molecule has 0 heteroatoms. The minimum atomic E-state index is 0.773. The number of aryl methyl sites for hydroxylation is 1. The highest BCUT2D eigenvalue weighted by Gasteiger charge is 2.30. The molecule has 2 saturated carbocycles. The topological polar surface area (TPSA) is 0 Å². The number of rotatable bonds is 6. The van der Waals surface area contributed by atoms with Crippen molar-refractivity contribution in [1.82, 2.24) is 0 Å². The molecule has 0 aliphatic heterocycles. The van der Waals surface area contributed by atoms with E-state index in [0.29, 0.717) is 0 Å². The van der Waals surface area contributed by atoms with Crippen molar-refractivity contribution in [2.24, 2.45) is 17.8 Å². The third-order valence-corrected chi connectivity index (χ3v) is 7.82. The molecule has 0 nitrogen and oxygen atoms in total. The van der Waals surface area contributed by atoms with E-state index in [0.717, 1.165) is 36.5 Å². The summed E-state index contributed by atoms with van der Waals surface area (Å²) in [5.41, 5.74) is 3.03. The van der Waals surface area contributed by atoms with Crippen molar-refractivity contribution >= 4 is 10.8 Å². The van der Waals surface area contributed by atoms with Crippen molar-refractivity contribution < 1.29 is 0 Å². The van der Waals surface area contributed by atoms with Crippen molar-refractivity contribution in [3.63, 3.8) is 0 Å². The number of benzene rings is 2. The Morgan fingerprint density at radius 2 is 1.48 bits per heavy atom. The average molecular weight is 387 g/mol. The summed E-state index contributed by atoms with van der Waals surface area (Å²) in [5, 5.41) is 2.82. The van der Waals surface area contributed by atoms with Crippen LogP contribution in [0, 0.1) is 17.8 Å². The fourth-order valence-corrected chi connectivity index (χ4v) is 5.92. The SMILES string of the molecule is C=CC1CCC(C2CCC(c3ccc4cc(CC/C=C/C)ccc4c3)CC2)CC1. The molecular formula is C29H38. The van der Waals surface area contributed by atoms with E-state index < -0.39 is 0 Å². The number of hydrogen-bond donors (Lipinski definition) is 0. The van der Waals surface area contributed by atoms with E-state index >= 15 is 0 Å². The second kappa shape index (κ2) is 9.79. The molecule has 0 amide bonds. The molecule has 2 aromatic rings. The zero-order chi connectivity index (χ0) is 20.1. The fraction of sp³-hybridized carbons (Fsp3) is 0.517. The lowest BCUT2D eigenvalue weighted by atomic mass is 9.68. The molecule has 0 unspecified atom stereocenters. The summed E-state index contributed by atoms with van der Waals surface area (Å²) < 4.78 is 0. The van der Waals surface area contributed by atoms with E-state index in [2.05, 4.69) is 68.1 Å². The molecule has 2 aromatic carbocycles. The Morgan fingerprint density at radius 3 is 2.17 bits per heavy atom. The molecule has 29 heavy (non-hydrogen) atoms. The first-order valence-electron chi connectivity index (χ1n) is 12.0. The van der Waals surface area contributed by atoms with Crippen LogP contribution in [0.15, 0.2) is 61.2 Å². The van der Waals surface area contributed by atoms with E-state index in [1.807, 2.05) is 0 Å². The van der Waals surface area contributed by atoms with Crippen LogP contribution in [-0.4, -0.2) is 0 Å². The molecule has 2 aliphatic carbocycles. The van der Waals surface area contributed by atoms with Gasteiger partial charge in [-0.3, -0.25) is 0 Å². The Bertz CT molecular complexity index is 826. The fourth-order valence-electron chi connectivity index (χ4n) is 5.92. The van der Waals surface area contributed by atoms with Gasteiger partial charge in [-0.05, 0) is 117 Å². The van der Waals surface area contributed by atoms with Gasteiger partial charge in [-0.2, -0.15) is 0 Å². The van der Waals surface area contributed by atoms with Crippen molar-refractivity contribution in [3.8, 4) is 0 Å². The van der Waals surface area contributed by atoms with E-state index in [1.165, 1.54) is 67.7 Å². The Labute approximate surface area is 178 Å². The molecular weight excluding hydrogens is 348 g/mol. The zero-order valence-corrected chi connectivity index (χ0v) is 18.3. The normalized spacial score (nSPS) is 28.0. The first-order chi connectivity index (χ1) is 14.3. The molecule has 2 aliphatic rings. The first-order valence-corrected chi connectivity index (χ1v) is 12.0. The van der Waals surface area contributed by atoms with Crippen molar-refractivity contribution in [2.45, 2.75) is 77.0 Å². The largest absolute Gasteiger partial charge is 0.103 e. The second-order valence-electron chi connectivity index (χ2n) is 9.57. The summed E-state index contributed by atoms with van der Waals surface area (Å²) in [7, 11) is 0. The summed E-state index contributed by atoms with van der Waals surface area (Å²) in [6.45, 7) is 6.11. The van der Waals surface area contributed by atoms with Crippen molar-refractivity contribution in [1.29, 1.82) is 0 Å². The van der Waals surface area contributed by atoms with Gasteiger partial charge in [0.25, 0.3) is 0 Å². The molecule has 0 aromatic heterocycles. The quantitative estimate of drug-likeness (QED) is 0.436. The molecule has 0 spiro atoms. The summed E-state index contributed by atoms with van der Waals surface area (Å²) in [6, 6.07) is 14.3. The Hall–Kier alpha value is -1.82. The Morgan fingerprint density at radius 1 is 0.828 bits per heavy atom. The van der Waals surface area contributed by atoms with E-state index in [-0.39, 0.29) is 0 Å². The summed E-state index contributed by atoms with van der Waals surface area (Å²) in [5.74, 6) is 3.54. The van der Waals surface area contributed by atoms with Gasteiger partial charge in [0.15, 0.2) is 0 Å². The van der Waals surface area contributed by atoms with E-state index in [4.69, 9.17) is 0 Å². The molecule has 0 atom stereocenters. The average Bonchev–Trinajstić information content (AvgIpc) is 2.79. The Kier molecular flexibility index (Phi) is 6.90. The highest BCUT2D eigenvalue weighted by Crippen LogP contribution is 2.44. The number of hydrogen-bond acceptors (Lipinski definition) is 0. The highest BCUT2D eigenvalue weighted by atomic mass is 14.4. The standard InChI is InChI=1S/C29H38/c1-3-5-6-7-23-10-13-29-21-28(19-18-27(29)20-23)26-16-14-25(15-17-26)24-11-8-22(4-2)9-12-24/h3-5,10,13,18-22,24-26H,2,6-9,11-12,14-17H2,1H3/b5-3+. The van der Waals surface area contributed by atoms with Crippen LogP contribution in [0.2, 0.25) is 0 Å². The molecule has 0 N–H and O–H groups in total. The van der Waals surface area contributed by atoms with Crippen LogP contribution in [-0.2, 0) is 6.42 Å². The molecule has 0 radical (unpaired) electrons.